The van der Waals surface area contributed by atoms with Crippen LogP contribution in [0.15, 0.2) is 24.3 Å². The molecule has 1 aliphatic rings. The normalized spacial score (nSPS) is 16.4. The van der Waals surface area contributed by atoms with Gasteiger partial charge in [-0.3, -0.25) is 0 Å². The number of benzene rings is 1. The Labute approximate surface area is 140 Å². The van der Waals surface area contributed by atoms with Gasteiger partial charge in [-0.25, -0.2) is 4.79 Å². The van der Waals surface area contributed by atoms with Crippen molar-refractivity contribution in [3.8, 4) is 0 Å². The fourth-order valence-corrected chi connectivity index (χ4v) is 2.63. The first-order valence-corrected chi connectivity index (χ1v) is 8.58. The van der Waals surface area contributed by atoms with Crippen LogP contribution in [-0.2, 0) is 17.9 Å². The Morgan fingerprint density at radius 1 is 1.26 bits per heavy atom. The maximum Gasteiger partial charge on any atom is 0.317 e. The number of likely N-dealkylation sites (tertiary alicyclic amines) is 1. The van der Waals surface area contributed by atoms with Crippen LogP contribution in [0, 0.1) is 5.92 Å². The number of carbonyl (C=O) groups excluding carboxylic acids is 1. The van der Waals surface area contributed by atoms with Crippen LogP contribution in [0.2, 0.25) is 0 Å². The summed E-state index contributed by atoms with van der Waals surface area (Å²) >= 11 is 0. The molecule has 2 rings (SSSR count). The molecule has 1 N–H and O–H groups in total. The first-order chi connectivity index (χ1) is 10.8. The summed E-state index contributed by atoms with van der Waals surface area (Å²) in [5.41, 5.74) is 2.10. The highest BCUT2D eigenvalue weighted by molar-refractivity contribution is 5.74. The van der Waals surface area contributed by atoms with Crippen molar-refractivity contribution in [2.45, 2.75) is 59.3 Å². The molecular formula is C19H30N2O2. The number of urea groups is 1. The van der Waals surface area contributed by atoms with Gasteiger partial charge in [0.05, 0.1) is 12.2 Å². The molecule has 1 fully saturated rings. The standard InChI is InChI=1S/C19H30N2O2/c1-15-8-10-21(11-9-15)18(22)20-13-16-6-5-7-17(12-16)14-23-19(2,3)4/h5-7,12,15H,8-11,13-14H2,1-4H3,(H,20,22). The highest BCUT2D eigenvalue weighted by Crippen LogP contribution is 2.16. The molecule has 0 radical (unpaired) electrons. The van der Waals surface area contributed by atoms with E-state index in [2.05, 4.69) is 45.1 Å². The summed E-state index contributed by atoms with van der Waals surface area (Å²) in [5.74, 6) is 0.735. The summed E-state index contributed by atoms with van der Waals surface area (Å²) in [5, 5.41) is 3.03. The fourth-order valence-electron chi connectivity index (χ4n) is 2.63. The van der Waals surface area contributed by atoms with Gasteiger partial charge in [-0.15, -0.1) is 0 Å². The highest BCUT2D eigenvalue weighted by Gasteiger charge is 2.19. The van der Waals surface area contributed by atoms with Gasteiger partial charge in [-0.05, 0) is 50.7 Å². The minimum absolute atomic E-state index is 0.0493. The van der Waals surface area contributed by atoms with Crippen molar-refractivity contribution in [1.29, 1.82) is 0 Å². The molecule has 0 aliphatic carbocycles. The zero-order chi connectivity index (χ0) is 16.9. The van der Waals surface area contributed by atoms with Crippen LogP contribution in [0.4, 0.5) is 4.79 Å². The molecule has 0 spiro atoms. The first kappa shape index (κ1) is 17.8. The molecule has 4 heteroatoms. The van der Waals surface area contributed by atoms with Crippen LogP contribution in [0.5, 0.6) is 0 Å². The van der Waals surface area contributed by atoms with E-state index in [0.717, 1.165) is 43.0 Å². The van der Waals surface area contributed by atoms with Crippen LogP contribution < -0.4 is 5.32 Å². The lowest BCUT2D eigenvalue weighted by Crippen LogP contribution is -2.43. The number of carbonyl (C=O) groups is 1. The topological polar surface area (TPSA) is 41.6 Å². The molecule has 1 aliphatic heterocycles. The third-order valence-corrected chi connectivity index (χ3v) is 4.18. The van der Waals surface area contributed by atoms with Gasteiger partial charge in [0.2, 0.25) is 0 Å². The van der Waals surface area contributed by atoms with E-state index in [-0.39, 0.29) is 11.6 Å². The van der Waals surface area contributed by atoms with Crippen molar-refractivity contribution in [3.63, 3.8) is 0 Å². The molecule has 1 saturated heterocycles. The number of rotatable bonds is 4. The monoisotopic (exact) mass is 318 g/mol. The molecule has 128 valence electrons. The van der Waals surface area contributed by atoms with Crippen LogP contribution in [0.1, 0.15) is 51.7 Å². The van der Waals surface area contributed by atoms with Crippen molar-refractivity contribution in [3.05, 3.63) is 35.4 Å². The average Bonchev–Trinajstić information content (AvgIpc) is 2.51. The summed E-state index contributed by atoms with van der Waals surface area (Å²) in [6.07, 6.45) is 2.21. The van der Waals surface area contributed by atoms with Crippen molar-refractivity contribution < 1.29 is 9.53 Å². The summed E-state index contributed by atoms with van der Waals surface area (Å²) in [7, 11) is 0. The molecule has 1 aromatic rings. The highest BCUT2D eigenvalue weighted by atomic mass is 16.5. The van der Waals surface area contributed by atoms with Crippen LogP contribution in [0.3, 0.4) is 0 Å². The van der Waals surface area contributed by atoms with Gasteiger partial charge in [-0.1, -0.05) is 31.2 Å². The van der Waals surface area contributed by atoms with Gasteiger partial charge < -0.3 is 15.0 Å². The third kappa shape index (κ3) is 6.22. The van der Waals surface area contributed by atoms with Crippen LogP contribution in [0.25, 0.3) is 0 Å². The number of amides is 2. The van der Waals surface area contributed by atoms with Crippen molar-refractivity contribution in [2.24, 2.45) is 5.92 Å². The smallest absolute Gasteiger partial charge is 0.317 e. The van der Waals surface area contributed by atoms with E-state index in [1.807, 2.05) is 17.0 Å². The Balaban J connectivity index is 1.82. The zero-order valence-corrected chi connectivity index (χ0v) is 14.9. The maximum atomic E-state index is 12.2. The molecule has 0 unspecified atom stereocenters. The number of nitrogens with one attached hydrogen (secondary N) is 1. The fraction of sp³-hybridized carbons (Fsp3) is 0.632. The Morgan fingerprint density at radius 2 is 1.91 bits per heavy atom. The van der Waals surface area contributed by atoms with Crippen LogP contribution >= 0.6 is 0 Å². The Bertz CT molecular complexity index is 514. The Hall–Kier alpha value is -1.55. The largest absolute Gasteiger partial charge is 0.371 e. The molecular weight excluding hydrogens is 288 g/mol. The lowest BCUT2D eigenvalue weighted by molar-refractivity contribution is -0.0149. The van der Waals surface area contributed by atoms with Gasteiger partial charge in [0, 0.05) is 19.6 Å². The number of hydrogen-bond acceptors (Lipinski definition) is 2. The van der Waals surface area contributed by atoms with Gasteiger partial charge in [-0.2, -0.15) is 0 Å². The molecule has 2 amide bonds. The molecule has 0 atom stereocenters. The van der Waals surface area contributed by atoms with Gasteiger partial charge in [0.25, 0.3) is 0 Å². The third-order valence-electron chi connectivity index (χ3n) is 4.18. The molecule has 0 bridgehead atoms. The van der Waals surface area contributed by atoms with Gasteiger partial charge >= 0.3 is 6.03 Å². The molecule has 0 aromatic heterocycles. The predicted molar refractivity (Wildman–Crippen MR) is 93.2 cm³/mol. The minimum Gasteiger partial charge on any atom is -0.371 e. The maximum absolute atomic E-state index is 12.2. The van der Waals surface area contributed by atoms with Crippen molar-refractivity contribution in [2.75, 3.05) is 13.1 Å². The SMILES string of the molecule is CC1CCN(C(=O)NCc2cccc(COC(C)(C)C)c2)CC1. The molecule has 1 aromatic carbocycles. The zero-order valence-electron chi connectivity index (χ0n) is 14.9. The van der Waals surface area contributed by atoms with E-state index in [4.69, 9.17) is 4.74 Å². The van der Waals surface area contributed by atoms with E-state index >= 15 is 0 Å². The molecule has 23 heavy (non-hydrogen) atoms. The average molecular weight is 318 g/mol. The minimum atomic E-state index is -0.143. The summed E-state index contributed by atoms with van der Waals surface area (Å²) < 4.78 is 5.81. The summed E-state index contributed by atoms with van der Waals surface area (Å²) in [4.78, 5) is 14.1. The van der Waals surface area contributed by atoms with E-state index < -0.39 is 0 Å². The van der Waals surface area contributed by atoms with Gasteiger partial charge in [0.1, 0.15) is 0 Å². The number of ether oxygens (including phenoxy) is 1. The Kier molecular flexibility index (Phi) is 6.05. The second-order valence-corrected chi connectivity index (χ2v) is 7.55. The number of nitrogens with zero attached hydrogens (tertiary/aromatic N) is 1. The number of hydrogen-bond donors (Lipinski definition) is 1. The van der Waals surface area contributed by atoms with E-state index in [9.17, 15) is 4.79 Å². The van der Waals surface area contributed by atoms with Crippen molar-refractivity contribution >= 4 is 6.03 Å². The molecule has 1 heterocycles. The molecule has 0 saturated carbocycles. The van der Waals surface area contributed by atoms with Gasteiger partial charge in [0.15, 0.2) is 0 Å². The van der Waals surface area contributed by atoms with E-state index in [1.54, 1.807) is 0 Å². The lowest BCUT2D eigenvalue weighted by atomic mass is 10.00. The van der Waals surface area contributed by atoms with Crippen LogP contribution in [-0.4, -0.2) is 29.6 Å². The second kappa shape index (κ2) is 7.82. The number of piperidine rings is 1. The predicted octanol–water partition coefficient (Wildman–Crippen LogP) is 3.94. The first-order valence-electron chi connectivity index (χ1n) is 8.58. The lowest BCUT2D eigenvalue weighted by Gasteiger charge is -2.30. The summed E-state index contributed by atoms with van der Waals surface area (Å²) in [6, 6.07) is 8.27. The quantitative estimate of drug-likeness (QED) is 0.913. The van der Waals surface area contributed by atoms with Crippen molar-refractivity contribution in [1.82, 2.24) is 10.2 Å². The second-order valence-electron chi connectivity index (χ2n) is 7.55. The van der Waals surface area contributed by atoms with E-state index in [1.165, 1.54) is 0 Å². The summed E-state index contributed by atoms with van der Waals surface area (Å²) in [6.45, 7) is 11.3. The van der Waals surface area contributed by atoms with E-state index in [0.29, 0.717) is 13.2 Å². The molecule has 4 nitrogen and oxygen atoms in total. The Morgan fingerprint density at radius 3 is 2.57 bits per heavy atom.